The van der Waals surface area contributed by atoms with Crippen LogP contribution in [-0.4, -0.2) is 21.7 Å². The third-order valence-electron chi connectivity index (χ3n) is 2.85. The molecule has 96 valence electrons. The van der Waals surface area contributed by atoms with Gasteiger partial charge in [-0.1, -0.05) is 13.8 Å². The van der Waals surface area contributed by atoms with Crippen molar-refractivity contribution >= 4 is 5.91 Å². The molecule has 0 unspecified atom stereocenters. The van der Waals surface area contributed by atoms with Crippen molar-refractivity contribution in [3.8, 4) is 0 Å². The van der Waals surface area contributed by atoms with Crippen LogP contribution in [-0.2, 0) is 5.54 Å². The van der Waals surface area contributed by atoms with Gasteiger partial charge in [0.15, 0.2) is 0 Å². The maximum atomic E-state index is 11.9. The van der Waals surface area contributed by atoms with Crippen molar-refractivity contribution in [1.82, 2.24) is 15.1 Å². The SMILES string of the molecule is CCC(CC)NC(=O)c1cnn(C(C)(C)C)c1. The van der Waals surface area contributed by atoms with Crippen molar-refractivity contribution < 1.29 is 4.79 Å². The number of nitrogens with zero attached hydrogens (tertiary/aromatic N) is 2. The number of aromatic nitrogens is 2. The van der Waals surface area contributed by atoms with Gasteiger partial charge in [-0.05, 0) is 33.6 Å². The van der Waals surface area contributed by atoms with E-state index >= 15 is 0 Å². The van der Waals surface area contributed by atoms with Crippen molar-refractivity contribution in [3.63, 3.8) is 0 Å². The first-order valence-electron chi connectivity index (χ1n) is 6.24. The molecule has 0 saturated carbocycles. The highest BCUT2D eigenvalue weighted by molar-refractivity contribution is 5.93. The van der Waals surface area contributed by atoms with Crippen LogP contribution in [0.4, 0.5) is 0 Å². The Morgan fingerprint density at radius 3 is 2.41 bits per heavy atom. The highest BCUT2D eigenvalue weighted by atomic mass is 16.1. The summed E-state index contributed by atoms with van der Waals surface area (Å²) in [6.45, 7) is 10.3. The molecule has 0 spiro atoms. The molecule has 1 aromatic rings. The van der Waals surface area contributed by atoms with Crippen molar-refractivity contribution in [2.45, 2.75) is 59.0 Å². The van der Waals surface area contributed by atoms with E-state index in [1.807, 2.05) is 4.68 Å². The van der Waals surface area contributed by atoms with E-state index in [4.69, 9.17) is 0 Å². The third-order valence-corrected chi connectivity index (χ3v) is 2.85. The second kappa shape index (κ2) is 5.34. The minimum Gasteiger partial charge on any atom is -0.349 e. The molecule has 0 aromatic carbocycles. The van der Waals surface area contributed by atoms with Gasteiger partial charge in [-0.2, -0.15) is 5.10 Å². The fourth-order valence-electron chi connectivity index (χ4n) is 1.57. The average molecular weight is 237 g/mol. The Morgan fingerprint density at radius 1 is 1.41 bits per heavy atom. The molecular formula is C13H23N3O. The van der Waals surface area contributed by atoms with Gasteiger partial charge in [0, 0.05) is 12.2 Å². The minimum atomic E-state index is -0.0898. The van der Waals surface area contributed by atoms with E-state index < -0.39 is 0 Å². The summed E-state index contributed by atoms with van der Waals surface area (Å²) in [5, 5.41) is 7.23. The summed E-state index contributed by atoms with van der Waals surface area (Å²) in [4.78, 5) is 11.9. The van der Waals surface area contributed by atoms with Gasteiger partial charge in [-0.15, -0.1) is 0 Å². The van der Waals surface area contributed by atoms with Crippen molar-refractivity contribution in [3.05, 3.63) is 18.0 Å². The van der Waals surface area contributed by atoms with Crippen LogP contribution in [0.5, 0.6) is 0 Å². The van der Waals surface area contributed by atoms with E-state index in [0.717, 1.165) is 12.8 Å². The molecule has 1 N–H and O–H groups in total. The fraction of sp³-hybridized carbons (Fsp3) is 0.692. The lowest BCUT2D eigenvalue weighted by Gasteiger charge is -2.18. The first-order valence-corrected chi connectivity index (χ1v) is 6.24. The zero-order valence-electron chi connectivity index (χ0n) is 11.4. The van der Waals surface area contributed by atoms with Gasteiger partial charge in [-0.25, -0.2) is 0 Å². The lowest BCUT2D eigenvalue weighted by Crippen LogP contribution is -2.33. The molecule has 0 aliphatic rings. The monoisotopic (exact) mass is 237 g/mol. The highest BCUT2D eigenvalue weighted by Crippen LogP contribution is 2.13. The molecule has 1 amide bonds. The van der Waals surface area contributed by atoms with E-state index in [1.54, 1.807) is 12.4 Å². The van der Waals surface area contributed by atoms with E-state index in [-0.39, 0.29) is 17.5 Å². The van der Waals surface area contributed by atoms with Crippen LogP contribution >= 0.6 is 0 Å². The van der Waals surface area contributed by atoms with Crippen LogP contribution in [0.25, 0.3) is 0 Å². The summed E-state index contributed by atoms with van der Waals surface area (Å²) in [7, 11) is 0. The Hall–Kier alpha value is -1.32. The third kappa shape index (κ3) is 3.58. The van der Waals surface area contributed by atoms with Crippen LogP contribution in [0.3, 0.4) is 0 Å². The van der Waals surface area contributed by atoms with E-state index in [1.165, 1.54) is 0 Å². The number of rotatable bonds is 4. The van der Waals surface area contributed by atoms with Gasteiger partial charge in [0.1, 0.15) is 0 Å². The largest absolute Gasteiger partial charge is 0.349 e. The summed E-state index contributed by atoms with van der Waals surface area (Å²) < 4.78 is 1.81. The standard InChI is InChI=1S/C13H23N3O/c1-6-11(7-2)15-12(17)10-8-14-16(9-10)13(3,4)5/h8-9,11H,6-7H2,1-5H3,(H,15,17). The Kier molecular flexibility index (Phi) is 4.32. The number of hydrogen-bond acceptors (Lipinski definition) is 2. The molecule has 1 rings (SSSR count). The summed E-state index contributed by atoms with van der Waals surface area (Å²) in [6, 6.07) is 0.250. The van der Waals surface area contributed by atoms with E-state index in [0.29, 0.717) is 5.56 Å². The van der Waals surface area contributed by atoms with Gasteiger partial charge < -0.3 is 5.32 Å². The lowest BCUT2D eigenvalue weighted by molar-refractivity contribution is 0.0934. The molecule has 0 saturated heterocycles. The van der Waals surface area contributed by atoms with Crippen molar-refractivity contribution in [2.24, 2.45) is 0 Å². The first-order chi connectivity index (χ1) is 7.88. The summed E-state index contributed by atoms with van der Waals surface area (Å²) >= 11 is 0. The summed E-state index contributed by atoms with van der Waals surface area (Å²) in [5.74, 6) is -0.0331. The summed E-state index contributed by atoms with van der Waals surface area (Å²) in [5.41, 5.74) is 0.541. The predicted molar refractivity (Wildman–Crippen MR) is 69.1 cm³/mol. The molecule has 17 heavy (non-hydrogen) atoms. The molecule has 1 heterocycles. The van der Waals surface area contributed by atoms with Gasteiger partial charge in [0.2, 0.25) is 0 Å². The molecule has 0 fully saturated rings. The Balaban J connectivity index is 2.74. The smallest absolute Gasteiger partial charge is 0.254 e. The summed E-state index contributed by atoms with van der Waals surface area (Å²) in [6.07, 6.45) is 5.34. The maximum Gasteiger partial charge on any atom is 0.254 e. The van der Waals surface area contributed by atoms with Gasteiger partial charge in [0.05, 0.1) is 17.3 Å². The fourth-order valence-corrected chi connectivity index (χ4v) is 1.57. The molecule has 0 aliphatic heterocycles. The number of hydrogen-bond donors (Lipinski definition) is 1. The zero-order valence-corrected chi connectivity index (χ0v) is 11.4. The number of nitrogens with one attached hydrogen (secondary N) is 1. The van der Waals surface area contributed by atoms with Gasteiger partial charge in [-0.3, -0.25) is 9.48 Å². The minimum absolute atomic E-state index is 0.0331. The number of carbonyl (C=O) groups excluding carboxylic acids is 1. The Bertz CT molecular complexity index is 372. The van der Waals surface area contributed by atoms with Crippen LogP contribution in [0, 0.1) is 0 Å². The van der Waals surface area contributed by atoms with Crippen molar-refractivity contribution in [1.29, 1.82) is 0 Å². The van der Waals surface area contributed by atoms with Crippen LogP contribution in [0.2, 0.25) is 0 Å². The lowest BCUT2D eigenvalue weighted by atomic mass is 10.1. The van der Waals surface area contributed by atoms with Crippen LogP contribution < -0.4 is 5.32 Å². The van der Waals surface area contributed by atoms with Crippen molar-refractivity contribution in [2.75, 3.05) is 0 Å². The van der Waals surface area contributed by atoms with E-state index in [2.05, 4.69) is 45.0 Å². The van der Waals surface area contributed by atoms with Crippen LogP contribution in [0.1, 0.15) is 57.8 Å². The Labute approximate surface area is 103 Å². The zero-order chi connectivity index (χ0) is 13.1. The molecule has 0 aliphatic carbocycles. The Morgan fingerprint density at radius 2 is 2.00 bits per heavy atom. The average Bonchev–Trinajstić information content (AvgIpc) is 2.74. The maximum absolute atomic E-state index is 11.9. The molecular weight excluding hydrogens is 214 g/mol. The van der Waals surface area contributed by atoms with Gasteiger partial charge >= 0.3 is 0 Å². The second-order valence-electron chi connectivity index (χ2n) is 5.33. The molecule has 0 atom stereocenters. The normalized spacial score (nSPS) is 11.9. The molecule has 0 radical (unpaired) electrons. The van der Waals surface area contributed by atoms with E-state index in [9.17, 15) is 4.79 Å². The molecule has 1 aromatic heterocycles. The van der Waals surface area contributed by atoms with Gasteiger partial charge in [0.25, 0.3) is 5.91 Å². The topological polar surface area (TPSA) is 46.9 Å². The molecule has 0 bridgehead atoms. The number of amides is 1. The molecule has 4 heteroatoms. The second-order valence-corrected chi connectivity index (χ2v) is 5.33. The quantitative estimate of drug-likeness (QED) is 0.874. The van der Waals surface area contributed by atoms with Crippen LogP contribution in [0.15, 0.2) is 12.4 Å². The molecule has 4 nitrogen and oxygen atoms in total. The highest BCUT2D eigenvalue weighted by Gasteiger charge is 2.17. The predicted octanol–water partition coefficient (Wildman–Crippen LogP) is 2.56. The number of carbonyl (C=O) groups is 1. The first kappa shape index (κ1) is 13.7.